The van der Waals surface area contributed by atoms with Gasteiger partial charge in [0.15, 0.2) is 5.17 Å². The van der Waals surface area contributed by atoms with E-state index < -0.39 is 0 Å². The number of aryl methyl sites for hydroxylation is 1. The Hall–Kier alpha value is -2.79. The van der Waals surface area contributed by atoms with Crippen LogP contribution in [0.15, 0.2) is 71.1 Å². The number of carbonyl (C=O) groups excluding carboxylic acids is 1. The van der Waals surface area contributed by atoms with Crippen LogP contribution in [0.3, 0.4) is 0 Å². The van der Waals surface area contributed by atoms with Crippen molar-refractivity contribution >= 4 is 34.6 Å². The maximum absolute atomic E-state index is 12.7. The van der Waals surface area contributed by atoms with E-state index >= 15 is 0 Å². The highest BCUT2D eigenvalue weighted by Crippen LogP contribution is 2.34. The molecule has 1 fully saturated rings. The Bertz CT molecular complexity index is 868. The number of amidine groups is 1. The van der Waals surface area contributed by atoms with E-state index in [1.54, 1.807) is 35.2 Å². The number of aromatic hydroxyl groups is 1. The second-order valence-corrected chi connectivity index (χ2v) is 6.83. The number of aliphatic imine (C=N–C) groups is 1. The van der Waals surface area contributed by atoms with Crippen molar-refractivity contribution < 1.29 is 9.90 Å². The van der Waals surface area contributed by atoms with Crippen LogP contribution in [0, 0.1) is 0 Å². The van der Waals surface area contributed by atoms with Gasteiger partial charge in [-0.25, -0.2) is 4.99 Å². The zero-order valence-electron chi connectivity index (χ0n) is 14.6. The van der Waals surface area contributed by atoms with Crippen LogP contribution in [0.25, 0.3) is 6.08 Å². The number of hydrogen-bond acceptors (Lipinski definition) is 4. The molecule has 1 aliphatic rings. The first-order chi connectivity index (χ1) is 12.6. The number of nitrogens with zero attached hydrogens (tertiary/aromatic N) is 2. The van der Waals surface area contributed by atoms with Crippen LogP contribution in [0.2, 0.25) is 0 Å². The van der Waals surface area contributed by atoms with Crippen molar-refractivity contribution in [3.8, 4) is 5.75 Å². The molecule has 0 unspecified atom stereocenters. The van der Waals surface area contributed by atoms with Gasteiger partial charge in [0.1, 0.15) is 5.75 Å². The number of amides is 1. The Kier molecular flexibility index (Phi) is 5.58. The third-order valence-corrected chi connectivity index (χ3v) is 4.97. The van der Waals surface area contributed by atoms with Crippen molar-refractivity contribution in [1.82, 2.24) is 4.90 Å². The monoisotopic (exact) mass is 364 g/mol. The molecule has 132 valence electrons. The summed E-state index contributed by atoms with van der Waals surface area (Å²) in [5.41, 5.74) is 2.93. The predicted octanol–water partition coefficient (Wildman–Crippen LogP) is 4.74. The molecule has 26 heavy (non-hydrogen) atoms. The number of thioether (sulfide) groups is 1. The fourth-order valence-electron chi connectivity index (χ4n) is 2.52. The lowest BCUT2D eigenvalue weighted by atomic mass is 10.1. The maximum atomic E-state index is 12.7. The Balaban J connectivity index is 1.91. The zero-order valence-corrected chi connectivity index (χ0v) is 15.4. The third-order valence-electron chi connectivity index (χ3n) is 3.96. The van der Waals surface area contributed by atoms with E-state index in [1.165, 1.54) is 17.3 Å². The minimum Gasteiger partial charge on any atom is -0.508 e. The standard InChI is InChI=1S/C21H20N2O2S/c1-3-13-23-20(25)19(14-16-7-5-15(4-2)6-8-16)26-21(23)22-17-9-11-18(24)12-10-17/h3,5-12,14,24H,1,4,13H2,2H3/b19-14-,22-21?. The molecule has 3 rings (SSSR count). The number of rotatable bonds is 5. The second-order valence-electron chi connectivity index (χ2n) is 5.82. The van der Waals surface area contributed by atoms with E-state index in [0.717, 1.165) is 12.0 Å². The first-order valence-electron chi connectivity index (χ1n) is 8.39. The number of phenols is 1. The van der Waals surface area contributed by atoms with Gasteiger partial charge in [0, 0.05) is 6.54 Å². The molecule has 5 heteroatoms. The summed E-state index contributed by atoms with van der Waals surface area (Å²) in [6.45, 7) is 6.24. The van der Waals surface area contributed by atoms with Gasteiger partial charge < -0.3 is 5.11 Å². The highest BCUT2D eigenvalue weighted by atomic mass is 32.2. The van der Waals surface area contributed by atoms with E-state index in [4.69, 9.17) is 0 Å². The largest absolute Gasteiger partial charge is 0.508 e. The molecule has 0 atom stereocenters. The molecule has 0 radical (unpaired) electrons. The summed E-state index contributed by atoms with van der Waals surface area (Å²) >= 11 is 1.35. The van der Waals surface area contributed by atoms with Crippen LogP contribution < -0.4 is 0 Å². The average Bonchev–Trinajstić information content (AvgIpc) is 2.93. The van der Waals surface area contributed by atoms with E-state index in [-0.39, 0.29) is 11.7 Å². The van der Waals surface area contributed by atoms with Crippen LogP contribution >= 0.6 is 11.8 Å². The van der Waals surface area contributed by atoms with E-state index in [2.05, 4.69) is 30.6 Å². The fraction of sp³-hybridized carbons (Fsp3) is 0.143. The molecule has 0 aromatic heterocycles. The third kappa shape index (κ3) is 4.06. The molecule has 1 aliphatic heterocycles. The van der Waals surface area contributed by atoms with Crippen LogP contribution in [0.4, 0.5) is 5.69 Å². The Morgan fingerprint density at radius 2 is 1.85 bits per heavy atom. The Morgan fingerprint density at radius 1 is 1.15 bits per heavy atom. The summed E-state index contributed by atoms with van der Waals surface area (Å²) in [7, 11) is 0. The number of hydrogen-bond donors (Lipinski definition) is 1. The van der Waals surface area contributed by atoms with Crippen molar-refractivity contribution in [1.29, 1.82) is 0 Å². The number of carbonyl (C=O) groups is 1. The van der Waals surface area contributed by atoms with Crippen molar-refractivity contribution in [3.63, 3.8) is 0 Å². The van der Waals surface area contributed by atoms with Gasteiger partial charge in [0.2, 0.25) is 0 Å². The lowest BCUT2D eigenvalue weighted by molar-refractivity contribution is -0.121. The summed E-state index contributed by atoms with van der Waals surface area (Å²) in [6, 6.07) is 14.8. The molecule has 1 saturated heterocycles. The van der Waals surface area contributed by atoms with Gasteiger partial charge in [-0.05, 0) is 59.7 Å². The fourth-order valence-corrected chi connectivity index (χ4v) is 3.53. The number of phenolic OH excluding ortho intramolecular Hbond substituents is 1. The molecular weight excluding hydrogens is 344 g/mol. The molecule has 0 aliphatic carbocycles. The smallest absolute Gasteiger partial charge is 0.267 e. The average molecular weight is 364 g/mol. The van der Waals surface area contributed by atoms with Crippen molar-refractivity contribution in [2.24, 2.45) is 4.99 Å². The zero-order chi connectivity index (χ0) is 18.5. The van der Waals surface area contributed by atoms with Crippen LogP contribution in [0.5, 0.6) is 5.75 Å². The Labute approximate surface area is 157 Å². The van der Waals surface area contributed by atoms with Crippen molar-refractivity contribution in [3.05, 3.63) is 77.2 Å². The van der Waals surface area contributed by atoms with E-state index in [0.29, 0.717) is 22.3 Å². The van der Waals surface area contributed by atoms with Gasteiger partial charge in [-0.15, -0.1) is 6.58 Å². The molecule has 0 spiro atoms. The summed E-state index contributed by atoms with van der Waals surface area (Å²) < 4.78 is 0. The Morgan fingerprint density at radius 3 is 2.46 bits per heavy atom. The first-order valence-corrected chi connectivity index (χ1v) is 9.21. The van der Waals surface area contributed by atoms with Crippen molar-refractivity contribution in [2.45, 2.75) is 13.3 Å². The van der Waals surface area contributed by atoms with Gasteiger partial charge in [-0.3, -0.25) is 9.69 Å². The molecule has 2 aromatic carbocycles. The molecule has 1 N–H and O–H groups in total. The topological polar surface area (TPSA) is 52.9 Å². The van der Waals surface area contributed by atoms with Gasteiger partial charge in [-0.1, -0.05) is 37.3 Å². The van der Waals surface area contributed by atoms with Crippen LogP contribution in [0.1, 0.15) is 18.1 Å². The van der Waals surface area contributed by atoms with Gasteiger partial charge >= 0.3 is 0 Å². The highest BCUT2D eigenvalue weighted by molar-refractivity contribution is 8.18. The minimum absolute atomic E-state index is 0.0769. The van der Waals surface area contributed by atoms with Gasteiger partial charge in [0.05, 0.1) is 10.6 Å². The van der Waals surface area contributed by atoms with Gasteiger partial charge in [0.25, 0.3) is 5.91 Å². The summed E-state index contributed by atoms with van der Waals surface area (Å²) in [5.74, 6) is 0.107. The molecule has 0 saturated carbocycles. The molecule has 2 aromatic rings. The van der Waals surface area contributed by atoms with Crippen LogP contribution in [-0.4, -0.2) is 27.6 Å². The predicted molar refractivity (Wildman–Crippen MR) is 108 cm³/mol. The number of benzene rings is 2. The maximum Gasteiger partial charge on any atom is 0.267 e. The molecule has 0 bridgehead atoms. The normalized spacial score (nSPS) is 17.3. The minimum atomic E-state index is -0.0769. The molecule has 1 heterocycles. The summed E-state index contributed by atoms with van der Waals surface area (Å²) in [6.07, 6.45) is 4.56. The van der Waals surface area contributed by atoms with Crippen molar-refractivity contribution in [2.75, 3.05) is 6.54 Å². The summed E-state index contributed by atoms with van der Waals surface area (Å²) in [4.78, 5) is 19.5. The second kappa shape index (κ2) is 8.06. The van der Waals surface area contributed by atoms with E-state index in [1.807, 2.05) is 18.2 Å². The molecular formula is C21H20N2O2S. The highest BCUT2D eigenvalue weighted by Gasteiger charge is 2.32. The lowest BCUT2D eigenvalue weighted by Crippen LogP contribution is -2.29. The first kappa shape index (κ1) is 18.0. The molecule has 4 nitrogen and oxygen atoms in total. The van der Waals surface area contributed by atoms with E-state index in [9.17, 15) is 9.90 Å². The molecule has 1 amide bonds. The van der Waals surface area contributed by atoms with Gasteiger partial charge in [-0.2, -0.15) is 0 Å². The summed E-state index contributed by atoms with van der Waals surface area (Å²) in [5, 5.41) is 10.0. The SMILES string of the molecule is C=CCN1C(=O)/C(=C/c2ccc(CC)cc2)SC1=Nc1ccc(O)cc1. The lowest BCUT2D eigenvalue weighted by Gasteiger charge is -2.12. The van der Waals surface area contributed by atoms with Crippen LogP contribution in [-0.2, 0) is 11.2 Å². The quantitative estimate of drug-likeness (QED) is 0.615.